The number of hydrogen-bond acceptors (Lipinski definition) is 6. The first kappa shape index (κ1) is 18.9. The van der Waals surface area contributed by atoms with E-state index < -0.39 is 27.7 Å². The number of esters is 2. The fraction of sp³-hybridized carbons (Fsp3) is 0.111. The molecular weight excluding hydrogens is 394 g/mol. The predicted molar refractivity (Wildman–Crippen MR) is 97.2 cm³/mol. The summed E-state index contributed by atoms with van der Waals surface area (Å²) in [5, 5.41) is 0.160. The van der Waals surface area contributed by atoms with Gasteiger partial charge >= 0.3 is 11.9 Å². The van der Waals surface area contributed by atoms with Crippen LogP contribution in [0.3, 0.4) is 0 Å². The molecule has 0 atom stereocenters. The van der Waals surface area contributed by atoms with Crippen molar-refractivity contribution in [3.05, 3.63) is 70.4 Å². The molecule has 0 bridgehead atoms. The monoisotopic (exact) mass is 407 g/mol. The van der Waals surface area contributed by atoms with Gasteiger partial charge in [-0.3, -0.25) is 4.31 Å². The maximum absolute atomic E-state index is 12.7. The zero-order valence-electron chi connectivity index (χ0n) is 14.3. The van der Waals surface area contributed by atoms with Gasteiger partial charge in [0.15, 0.2) is 11.5 Å². The summed E-state index contributed by atoms with van der Waals surface area (Å²) in [5.74, 6) is -2.02. The molecule has 27 heavy (non-hydrogen) atoms. The maximum Gasteiger partial charge on any atom is 0.359 e. The number of nitrogens with zero attached hydrogens (tertiary/aromatic N) is 1. The number of ether oxygens (including phenoxy) is 2. The van der Waals surface area contributed by atoms with E-state index in [1.54, 1.807) is 18.2 Å². The summed E-state index contributed by atoms with van der Waals surface area (Å²) < 4.78 is 36.3. The Kier molecular flexibility index (Phi) is 4.95. The third kappa shape index (κ3) is 3.17. The van der Waals surface area contributed by atoms with Gasteiger partial charge in [0.1, 0.15) is 0 Å². The average molecular weight is 408 g/mol. The summed E-state index contributed by atoms with van der Waals surface area (Å²) >= 11 is 6.02. The number of rotatable bonds is 3. The van der Waals surface area contributed by atoms with E-state index in [9.17, 15) is 18.0 Å². The highest BCUT2D eigenvalue weighted by atomic mass is 35.5. The van der Waals surface area contributed by atoms with Crippen LogP contribution in [0.25, 0.3) is 5.76 Å². The molecule has 1 aliphatic rings. The summed E-state index contributed by atoms with van der Waals surface area (Å²) in [5.41, 5.74) is -0.252. The molecule has 140 valence electrons. The van der Waals surface area contributed by atoms with Crippen LogP contribution in [-0.4, -0.2) is 38.8 Å². The van der Waals surface area contributed by atoms with Gasteiger partial charge in [0.2, 0.25) is 0 Å². The van der Waals surface area contributed by atoms with Gasteiger partial charge in [0.25, 0.3) is 10.0 Å². The third-order valence-electron chi connectivity index (χ3n) is 3.97. The normalized spacial score (nSPS) is 15.1. The molecule has 0 N–H and O–H groups in total. The molecule has 0 unspecified atom stereocenters. The second-order valence-corrected chi connectivity index (χ2v) is 7.85. The van der Waals surface area contributed by atoms with Crippen molar-refractivity contribution in [3.8, 4) is 0 Å². The van der Waals surface area contributed by atoms with E-state index >= 15 is 0 Å². The Labute approximate surface area is 160 Å². The van der Waals surface area contributed by atoms with Crippen LogP contribution in [0.1, 0.15) is 15.9 Å². The van der Waals surface area contributed by atoms with Crippen LogP contribution in [0.15, 0.2) is 59.1 Å². The van der Waals surface area contributed by atoms with Crippen molar-refractivity contribution >= 4 is 39.3 Å². The lowest BCUT2D eigenvalue weighted by Gasteiger charge is -2.29. The number of likely N-dealkylation sites (N-methyl/N-ethyl adjacent to an activating group) is 1. The fourth-order valence-electron chi connectivity index (χ4n) is 2.61. The van der Waals surface area contributed by atoms with Crippen molar-refractivity contribution in [1.82, 2.24) is 4.31 Å². The van der Waals surface area contributed by atoms with E-state index in [1.165, 1.54) is 37.4 Å². The Morgan fingerprint density at radius 3 is 2.30 bits per heavy atom. The molecule has 1 aliphatic heterocycles. The molecule has 2 aromatic rings. The summed E-state index contributed by atoms with van der Waals surface area (Å²) in [6.07, 6.45) is 0. The molecule has 3 rings (SSSR count). The van der Waals surface area contributed by atoms with Gasteiger partial charge in [0.05, 0.1) is 22.6 Å². The van der Waals surface area contributed by atoms with Gasteiger partial charge in [-0.1, -0.05) is 35.9 Å². The zero-order chi connectivity index (χ0) is 19.8. The first-order valence-electron chi connectivity index (χ1n) is 7.66. The SMILES string of the molecule is COC(=O)C1=C(OC(=O)c2ccccc2Cl)c2ccccc2S(=O)(=O)N1C. The fourth-order valence-corrected chi connectivity index (χ4v) is 4.21. The van der Waals surface area contributed by atoms with E-state index in [2.05, 4.69) is 4.74 Å². The van der Waals surface area contributed by atoms with E-state index in [4.69, 9.17) is 16.3 Å². The quantitative estimate of drug-likeness (QED) is 0.726. The topological polar surface area (TPSA) is 90.0 Å². The molecule has 7 nitrogen and oxygen atoms in total. The summed E-state index contributed by atoms with van der Waals surface area (Å²) in [6, 6.07) is 12.1. The number of carbonyl (C=O) groups is 2. The molecular formula is C18H14ClNO6S. The second-order valence-electron chi connectivity index (χ2n) is 5.51. The molecule has 0 aromatic heterocycles. The minimum atomic E-state index is -4.01. The van der Waals surface area contributed by atoms with Gasteiger partial charge in [-0.05, 0) is 24.3 Å². The number of methoxy groups -OCH3 is 1. The maximum atomic E-state index is 12.7. The van der Waals surface area contributed by atoms with Crippen molar-refractivity contribution < 1.29 is 27.5 Å². The molecule has 0 amide bonds. The van der Waals surface area contributed by atoms with Gasteiger partial charge in [-0.25, -0.2) is 18.0 Å². The van der Waals surface area contributed by atoms with Crippen molar-refractivity contribution in [2.45, 2.75) is 4.90 Å². The Bertz CT molecular complexity index is 1080. The second kappa shape index (κ2) is 7.05. The van der Waals surface area contributed by atoms with Gasteiger partial charge in [0, 0.05) is 12.6 Å². The van der Waals surface area contributed by atoms with E-state index in [0.29, 0.717) is 0 Å². The van der Waals surface area contributed by atoms with Crippen LogP contribution in [0, 0.1) is 0 Å². The highest BCUT2D eigenvalue weighted by Gasteiger charge is 2.40. The lowest BCUT2D eigenvalue weighted by Crippen LogP contribution is -2.36. The first-order chi connectivity index (χ1) is 12.8. The number of carbonyl (C=O) groups excluding carboxylic acids is 2. The Morgan fingerprint density at radius 1 is 1.00 bits per heavy atom. The van der Waals surface area contributed by atoms with Crippen LogP contribution >= 0.6 is 11.6 Å². The molecule has 2 aromatic carbocycles. The van der Waals surface area contributed by atoms with Crippen LogP contribution < -0.4 is 0 Å². The van der Waals surface area contributed by atoms with Crippen LogP contribution in [0.2, 0.25) is 5.02 Å². The van der Waals surface area contributed by atoms with E-state index in [1.807, 2.05) is 0 Å². The Morgan fingerprint density at radius 2 is 1.63 bits per heavy atom. The summed E-state index contributed by atoms with van der Waals surface area (Å²) in [6.45, 7) is 0. The molecule has 0 aliphatic carbocycles. The van der Waals surface area contributed by atoms with Gasteiger partial charge < -0.3 is 9.47 Å². The number of benzene rings is 2. The van der Waals surface area contributed by atoms with Crippen molar-refractivity contribution in [2.75, 3.05) is 14.2 Å². The number of halogens is 1. The minimum absolute atomic E-state index is 0.0736. The van der Waals surface area contributed by atoms with Gasteiger partial charge in [-0.15, -0.1) is 0 Å². The standard InChI is InChI=1S/C18H14ClNO6S/c1-20-15(18(22)25-2)16(12-8-4-6-10-14(12)27(20,23)24)26-17(21)11-7-3-5-9-13(11)19/h3-10H,1-2H3. The van der Waals surface area contributed by atoms with Crippen LogP contribution in [0.5, 0.6) is 0 Å². The predicted octanol–water partition coefficient (Wildman–Crippen LogP) is 2.67. The summed E-state index contributed by atoms with van der Waals surface area (Å²) in [7, 11) is -1.73. The third-order valence-corrected chi connectivity index (χ3v) is 6.11. The zero-order valence-corrected chi connectivity index (χ0v) is 15.9. The molecule has 9 heteroatoms. The average Bonchev–Trinajstić information content (AvgIpc) is 2.66. The number of sulfonamides is 1. The molecule has 1 heterocycles. The largest absolute Gasteiger partial charge is 0.464 e. The molecule has 0 fully saturated rings. The number of fused-ring (bicyclic) bond motifs is 1. The number of hydrogen-bond donors (Lipinski definition) is 0. The Hall–Kier alpha value is -2.84. The lowest BCUT2D eigenvalue weighted by atomic mass is 10.1. The molecule has 0 saturated heterocycles. The van der Waals surface area contributed by atoms with Gasteiger partial charge in [-0.2, -0.15) is 0 Å². The highest BCUT2D eigenvalue weighted by Crippen LogP contribution is 2.37. The smallest absolute Gasteiger partial charge is 0.359 e. The minimum Gasteiger partial charge on any atom is -0.464 e. The molecule has 0 spiro atoms. The first-order valence-corrected chi connectivity index (χ1v) is 9.48. The van der Waals surface area contributed by atoms with E-state index in [0.717, 1.165) is 11.4 Å². The Balaban J connectivity index is 2.21. The molecule has 0 saturated carbocycles. The van der Waals surface area contributed by atoms with Crippen molar-refractivity contribution in [1.29, 1.82) is 0 Å². The van der Waals surface area contributed by atoms with Crippen LogP contribution in [-0.2, 0) is 24.3 Å². The highest BCUT2D eigenvalue weighted by molar-refractivity contribution is 7.89. The van der Waals surface area contributed by atoms with Crippen LogP contribution in [0.4, 0.5) is 0 Å². The lowest BCUT2D eigenvalue weighted by molar-refractivity contribution is -0.137. The molecule has 0 radical (unpaired) electrons. The van der Waals surface area contributed by atoms with Crippen molar-refractivity contribution in [3.63, 3.8) is 0 Å². The van der Waals surface area contributed by atoms with Crippen molar-refractivity contribution in [2.24, 2.45) is 0 Å². The summed E-state index contributed by atoms with van der Waals surface area (Å²) in [4.78, 5) is 24.8. The van der Waals surface area contributed by atoms with E-state index in [-0.39, 0.29) is 26.8 Å².